The van der Waals surface area contributed by atoms with Crippen molar-refractivity contribution in [3.05, 3.63) is 34.3 Å². The van der Waals surface area contributed by atoms with E-state index in [1.165, 1.54) is 5.56 Å². The Bertz CT molecular complexity index is 618. The van der Waals surface area contributed by atoms with Gasteiger partial charge < -0.3 is 16.0 Å². The van der Waals surface area contributed by atoms with Gasteiger partial charge >= 0.3 is 0 Å². The first kappa shape index (κ1) is 18.8. The van der Waals surface area contributed by atoms with E-state index in [4.69, 9.17) is 0 Å². The summed E-state index contributed by atoms with van der Waals surface area (Å²) in [5.74, 6) is 0.610. The summed E-state index contributed by atoms with van der Waals surface area (Å²) >= 11 is 3.54. The molecule has 5 nitrogen and oxygen atoms in total. The van der Waals surface area contributed by atoms with Crippen molar-refractivity contribution in [3.8, 4) is 0 Å². The molecule has 132 valence electrons. The average molecular weight is 395 g/mol. The van der Waals surface area contributed by atoms with Gasteiger partial charge in [0.1, 0.15) is 0 Å². The van der Waals surface area contributed by atoms with Crippen molar-refractivity contribution in [2.75, 3.05) is 20.1 Å². The Labute approximate surface area is 152 Å². The molecule has 0 radical (unpaired) electrons. The Balaban J connectivity index is 1.85. The van der Waals surface area contributed by atoms with Gasteiger partial charge in [-0.05, 0) is 51.3 Å². The van der Waals surface area contributed by atoms with Crippen molar-refractivity contribution in [3.63, 3.8) is 0 Å². The second kappa shape index (κ2) is 7.55. The zero-order valence-electron chi connectivity index (χ0n) is 14.9. The lowest BCUT2D eigenvalue weighted by molar-refractivity contribution is -0.121. The fourth-order valence-electron chi connectivity index (χ4n) is 2.64. The third kappa shape index (κ3) is 5.51. The second-order valence-electron chi connectivity index (χ2n) is 7.37. The van der Waals surface area contributed by atoms with Crippen LogP contribution in [0, 0.1) is 0 Å². The number of rotatable bonds is 5. The van der Waals surface area contributed by atoms with Crippen molar-refractivity contribution in [1.29, 1.82) is 0 Å². The van der Waals surface area contributed by atoms with Crippen LogP contribution in [0.4, 0.5) is 0 Å². The molecule has 1 saturated carbocycles. The molecule has 1 amide bonds. The van der Waals surface area contributed by atoms with Gasteiger partial charge in [-0.3, -0.25) is 9.79 Å². The Hall–Kier alpha value is -1.56. The maximum atomic E-state index is 11.9. The van der Waals surface area contributed by atoms with Gasteiger partial charge in [0.2, 0.25) is 5.91 Å². The predicted molar refractivity (Wildman–Crippen MR) is 102 cm³/mol. The van der Waals surface area contributed by atoms with E-state index in [9.17, 15) is 4.79 Å². The number of guanidine groups is 1. The first-order valence-electron chi connectivity index (χ1n) is 8.26. The molecule has 1 fully saturated rings. The molecule has 0 bridgehead atoms. The first-order valence-corrected chi connectivity index (χ1v) is 9.05. The number of hydrogen-bond acceptors (Lipinski definition) is 2. The minimum absolute atomic E-state index is 0.0430. The molecule has 24 heavy (non-hydrogen) atoms. The van der Waals surface area contributed by atoms with Gasteiger partial charge in [0.25, 0.3) is 0 Å². The fraction of sp³-hybridized carbons (Fsp3) is 0.556. The third-order valence-electron chi connectivity index (χ3n) is 4.04. The number of benzene rings is 1. The van der Waals surface area contributed by atoms with Crippen LogP contribution in [0.25, 0.3) is 0 Å². The van der Waals surface area contributed by atoms with Gasteiger partial charge in [-0.25, -0.2) is 0 Å². The van der Waals surface area contributed by atoms with Gasteiger partial charge in [0, 0.05) is 29.0 Å². The summed E-state index contributed by atoms with van der Waals surface area (Å²) in [4.78, 5) is 16.1. The Morgan fingerprint density at radius 1 is 1.29 bits per heavy atom. The van der Waals surface area contributed by atoms with E-state index in [1.54, 1.807) is 7.05 Å². The molecule has 0 heterocycles. The molecule has 0 unspecified atom stereocenters. The predicted octanol–water partition coefficient (Wildman–Crippen LogP) is 2.56. The van der Waals surface area contributed by atoms with E-state index < -0.39 is 0 Å². The lowest BCUT2D eigenvalue weighted by Gasteiger charge is -2.22. The van der Waals surface area contributed by atoms with E-state index in [0.717, 1.165) is 23.9 Å². The highest BCUT2D eigenvalue weighted by atomic mass is 79.9. The van der Waals surface area contributed by atoms with E-state index in [1.807, 2.05) is 26.8 Å². The molecule has 0 saturated heterocycles. The lowest BCUT2D eigenvalue weighted by Crippen LogP contribution is -2.49. The zero-order valence-corrected chi connectivity index (χ0v) is 16.5. The molecule has 1 aliphatic rings. The summed E-state index contributed by atoms with van der Waals surface area (Å²) in [6, 6.07) is 8.47. The number of hydrogen-bond donors (Lipinski definition) is 3. The number of amides is 1. The van der Waals surface area contributed by atoms with Crippen molar-refractivity contribution in [1.82, 2.24) is 16.0 Å². The molecule has 1 aliphatic carbocycles. The van der Waals surface area contributed by atoms with Crippen molar-refractivity contribution in [2.45, 2.75) is 44.6 Å². The summed E-state index contributed by atoms with van der Waals surface area (Å²) in [5.41, 5.74) is 1.29. The summed E-state index contributed by atoms with van der Waals surface area (Å²) < 4.78 is 1.10. The fourth-order valence-corrected chi connectivity index (χ4v) is 3.04. The molecular weight excluding hydrogens is 368 g/mol. The van der Waals surface area contributed by atoms with E-state index >= 15 is 0 Å². The van der Waals surface area contributed by atoms with Gasteiger partial charge in [-0.1, -0.05) is 28.1 Å². The third-order valence-corrected chi connectivity index (χ3v) is 4.53. The number of nitrogens with one attached hydrogen (secondary N) is 3. The van der Waals surface area contributed by atoms with Crippen LogP contribution >= 0.6 is 15.9 Å². The topological polar surface area (TPSA) is 65.5 Å². The summed E-state index contributed by atoms with van der Waals surface area (Å²) in [6.07, 6.45) is 2.33. The molecule has 0 aromatic heterocycles. The minimum atomic E-state index is -0.228. The minimum Gasteiger partial charge on any atom is -0.356 e. The molecular formula is C18H27BrN4O. The van der Waals surface area contributed by atoms with Gasteiger partial charge in [0.15, 0.2) is 5.96 Å². The Morgan fingerprint density at radius 3 is 2.54 bits per heavy atom. The standard InChI is InChI=1S/C18H27BrN4O/c1-17(2,3)23-15(24)11-21-16(20-4)22-12-18(8-9-18)13-6-5-7-14(19)10-13/h5-7,10H,8-9,11-12H2,1-4H3,(H,23,24)(H2,20,21,22). The number of halogens is 1. The Morgan fingerprint density at radius 2 is 2.00 bits per heavy atom. The number of carbonyl (C=O) groups is 1. The maximum Gasteiger partial charge on any atom is 0.239 e. The molecule has 2 rings (SSSR count). The van der Waals surface area contributed by atoms with Crippen LogP contribution in [-0.4, -0.2) is 37.5 Å². The summed E-state index contributed by atoms with van der Waals surface area (Å²) in [5, 5.41) is 9.35. The number of aliphatic imine (C=N–C) groups is 1. The molecule has 0 atom stereocenters. The number of carbonyl (C=O) groups excluding carboxylic acids is 1. The van der Waals surface area contributed by atoms with Crippen LogP contribution in [0.2, 0.25) is 0 Å². The second-order valence-corrected chi connectivity index (χ2v) is 8.28. The van der Waals surface area contributed by atoms with Crippen molar-refractivity contribution in [2.24, 2.45) is 4.99 Å². The highest BCUT2D eigenvalue weighted by Crippen LogP contribution is 2.48. The van der Waals surface area contributed by atoms with E-state index in [0.29, 0.717) is 5.96 Å². The van der Waals surface area contributed by atoms with Gasteiger partial charge in [0.05, 0.1) is 6.54 Å². The van der Waals surface area contributed by atoms with E-state index in [2.05, 4.69) is 55.1 Å². The SMILES string of the molecule is CN=C(NCC(=O)NC(C)(C)C)NCC1(c2cccc(Br)c2)CC1. The van der Waals surface area contributed by atoms with Crippen LogP contribution < -0.4 is 16.0 Å². The zero-order chi connectivity index (χ0) is 17.8. The monoisotopic (exact) mass is 394 g/mol. The summed E-state index contributed by atoms with van der Waals surface area (Å²) in [7, 11) is 1.72. The van der Waals surface area contributed by atoms with Crippen LogP contribution in [0.5, 0.6) is 0 Å². The smallest absolute Gasteiger partial charge is 0.239 e. The quantitative estimate of drug-likeness (QED) is 0.530. The molecule has 3 N–H and O–H groups in total. The van der Waals surface area contributed by atoms with Crippen LogP contribution in [0.1, 0.15) is 39.2 Å². The van der Waals surface area contributed by atoms with Crippen molar-refractivity contribution >= 4 is 27.8 Å². The average Bonchev–Trinajstić information content (AvgIpc) is 3.27. The van der Waals surface area contributed by atoms with Crippen molar-refractivity contribution < 1.29 is 4.79 Å². The highest BCUT2D eigenvalue weighted by Gasteiger charge is 2.44. The first-order chi connectivity index (χ1) is 11.2. The van der Waals surface area contributed by atoms with Gasteiger partial charge in [-0.15, -0.1) is 0 Å². The van der Waals surface area contributed by atoms with E-state index in [-0.39, 0.29) is 23.4 Å². The molecule has 6 heteroatoms. The number of nitrogens with zero attached hydrogens (tertiary/aromatic N) is 1. The molecule has 0 spiro atoms. The van der Waals surface area contributed by atoms with Crippen LogP contribution in [-0.2, 0) is 10.2 Å². The molecule has 1 aromatic carbocycles. The normalized spacial score (nSPS) is 16.5. The van der Waals surface area contributed by atoms with Crippen LogP contribution in [0.15, 0.2) is 33.7 Å². The largest absolute Gasteiger partial charge is 0.356 e. The Kier molecular flexibility index (Phi) is 5.91. The van der Waals surface area contributed by atoms with Gasteiger partial charge in [-0.2, -0.15) is 0 Å². The summed E-state index contributed by atoms with van der Waals surface area (Å²) in [6.45, 7) is 6.91. The maximum absolute atomic E-state index is 11.9. The molecule has 0 aliphatic heterocycles. The van der Waals surface area contributed by atoms with Crippen LogP contribution in [0.3, 0.4) is 0 Å². The lowest BCUT2D eigenvalue weighted by atomic mass is 9.96. The molecule has 1 aromatic rings. The highest BCUT2D eigenvalue weighted by molar-refractivity contribution is 9.10.